The highest BCUT2D eigenvalue weighted by Crippen LogP contribution is 2.16. The molecule has 0 amide bonds. The highest BCUT2D eigenvalue weighted by Gasteiger charge is 2.09. The highest BCUT2D eigenvalue weighted by atomic mass is 16.7. The second-order valence-corrected chi connectivity index (χ2v) is 4.24. The van der Waals surface area contributed by atoms with Crippen molar-refractivity contribution in [2.24, 2.45) is 5.92 Å². The first-order valence-electron chi connectivity index (χ1n) is 5.88. The number of hydrogen-bond donors (Lipinski definition) is 0. The predicted octanol–water partition coefficient (Wildman–Crippen LogP) is 3.65. The molecule has 0 saturated carbocycles. The lowest BCUT2D eigenvalue weighted by atomic mass is 10.0. The Labute approximate surface area is 93.0 Å². The van der Waals surface area contributed by atoms with Gasteiger partial charge in [-0.05, 0) is 31.8 Å². The van der Waals surface area contributed by atoms with Gasteiger partial charge in [0.1, 0.15) is 6.61 Å². The maximum absolute atomic E-state index is 5.67. The SMILES string of the molecule is CC[C@H](C)CCC(C)OC1=CC=CCO1. The number of allylic oxidation sites excluding steroid dienone is 2. The van der Waals surface area contributed by atoms with E-state index in [1.165, 1.54) is 12.8 Å². The van der Waals surface area contributed by atoms with Gasteiger partial charge in [0.2, 0.25) is 0 Å². The topological polar surface area (TPSA) is 18.5 Å². The van der Waals surface area contributed by atoms with Crippen LogP contribution in [0.25, 0.3) is 0 Å². The van der Waals surface area contributed by atoms with E-state index in [2.05, 4.69) is 20.8 Å². The first kappa shape index (κ1) is 12.2. The molecule has 1 rings (SSSR count). The van der Waals surface area contributed by atoms with Gasteiger partial charge in [0, 0.05) is 6.08 Å². The average Bonchev–Trinajstić information content (AvgIpc) is 2.27. The minimum absolute atomic E-state index is 0.247. The van der Waals surface area contributed by atoms with Crippen LogP contribution in [-0.2, 0) is 9.47 Å². The van der Waals surface area contributed by atoms with E-state index in [1.807, 2.05) is 18.2 Å². The van der Waals surface area contributed by atoms with Gasteiger partial charge in [-0.15, -0.1) is 0 Å². The van der Waals surface area contributed by atoms with Gasteiger partial charge >= 0.3 is 0 Å². The molecular formula is C13H22O2. The number of ether oxygens (including phenoxy) is 2. The van der Waals surface area contributed by atoms with Crippen molar-refractivity contribution in [3.8, 4) is 0 Å². The molecule has 0 N–H and O–H groups in total. The van der Waals surface area contributed by atoms with Crippen LogP contribution in [0, 0.1) is 5.92 Å². The fourth-order valence-corrected chi connectivity index (χ4v) is 1.43. The molecule has 0 bridgehead atoms. The Morgan fingerprint density at radius 1 is 1.40 bits per heavy atom. The molecule has 2 atom stereocenters. The van der Waals surface area contributed by atoms with E-state index in [1.54, 1.807) is 0 Å². The van der Waals surface area contributed by atoms with Crippen LogP contribution in [0.2, 0.25) is 0 Å². The summed E-state index contributed by atoms with van der Waals surface area (Å²) in [5.41, 5.74) is 0. The summed E-state index contributed by atoms with van der Waals surface area (Å²) in [6.45, 7) is 7.24. The lowest BCUT2D eigenvalue weighted by molar-refractivity contribution is 0.00131. The van der Waals surface area contributed by atoms with Crippen LogP contribution in [0.15, 0.2) is 24.2 Å². The first-order valence-corrected chi connectivity index (χ1v) is 5.88. The minimum atomic E-state index is 0.247. The molecule has 0 fully saturated rings. The van der Waals surface area contributed by atoms with Crippen molar-refractivity contribution in [1.82, 2.24) is 0 Å². The van der Waals surface area contributed by atoms with E-state index in [4.69, 9.17) is 9.47 Å². The zero-order chi connectivity index (χ0) is 11.1. The average molecular weight is 210 g/mol. The van der Waals surface area contributed by atoms with E-state index in [-0.39, 0.29) is 6.10 Å². The summed E-state index contributed by atoms with van der Waals surface area (Å²) < 4.78 is 11.0. The molecule has 1 unspecified atom stereocenters. The monoisotopic (exact) mass is 210 g/mol. The summed E-state index contributed by atoms with van der Waals surface area (Å²) in [5, 5.41) is 0. The Bertz CT molecular complexity index is 231. The first-order chi connectivity index (χ1) is 7.22. The summed E-state index contributed by atoms with van der Waals surface area (Å²) in [7, 11) is 0. The summed E-state index contributed by atoms with van der Waals surface area (Å²) in [4.78, 5) is 0. The van der Waals surface area contributed by atoms with Crippen molar-refractivity contribution in [2.75, 3.05) is 6.61 Å². The molecule has 0 aromatic rings. The largest absolute Gasteiger partial charge is 0.462 e. The van der Waals surface area contributed by atoms with Crippen LogP contribution >= 0.6 is 0 Å². The van der Waals surface area contributed by atoms with Crippen molar-refractivity contribution in [2.45, 2.75) is 46.1 Å². The maximum atomic E-state index is 5.67. The Kier molecular flexibility index (Phi) is 5.30. The van der Waals surface area contributed by atoms with Crippen LogP contribution in [0.5, 0.6) is 0 Å². The Morgan fingerprint density at radius 2 is 2.20 bits per heavy atom. The standard InChI is InChI=1S/C13H22O2/c1-4-11(2)8-9-12(3)15-13-7-5-6-10-14-13/h5-7,11-12H,4,8-10H2,1-3H3/t11-,12?/m0/s1. The van der Waals surface area contributed by atoms with E-state index < -0.39 is 0 Å². The normalized spacial score (nSPS) is 19.0. The molecule has 0 radical (unpaired) electrons. The van der Waals surface area contributed by atoms with Crippen LogP contribution in [0.1, 0.15) is 40.0 Å². The van der Waals surface area contributed by atoms with Crippen LogP contribution in [0.3, 0.4) is 0 Å². The maximum Gasteiger partial charge on any atom is 0.279 e. The van der Waals surface area contributed by atoms with Gasteiger partial charge in [0.05, 0.1) is 6.10 Å². The number of rotatable bonds is 6. The summed E-state index contributed by atoms with van der Waals surface area (Å²) >= 11 is 0. The third-order valence-electron chi connectivity index (χ3n) is 2.77. The second-order valence-electron chi connectivity index (χ2n) is 4.24. The van der Waals surface area contributed by atoms with Gasteiger partial charge in [-0.3, -0.25) is 0 Å². The van der Waals surface area contributed by atoms with Gasteiger partial charge in [-0.25, -0.2) is 0 Å². The molecule has 0 saturated heterocycles. The Morgan fingerprint density at radius 3 is 2.80 bits per heavy atom. The van der Waals surface area contributed by atoms with Crippen molar-refractivity contribution >= 4 is 0 Å². The van der Waals surface area contributed by atoms with Crippen LogP contribution < -0.4 is 0 Å². The third-order valence-corrected chi connectivity index (χ3v) is 2.77. The lowest BCUT2D eigenvalue weighted by Gasteiger charge is -2.19. The summed E-state index contributed by atoms with van der Waals surface area (Å²) in [6, 6.07) is 0. The molecule has 0 aromatic heterocycles. The highest BCUT2D eigenvalue weighted by molar-refractivity contribution is 5.07. The Balaban J connectivity index is 2.20. The van der Waals surface area contributed by atoms with E-state index in [0.29, 0.717) is 12.6 Å². The van der Waals surface area contributed by atoms with E-state index in [9.17, 15) is 0 Å². The fourth-order valence-electron chi connectivity index (χ4n) is 1.43. The second kappa shape index (κ2) is 6.54. The molecule has 1 heterocycles. The van der Waals surface area contributed by atoms with Gasteiger partial charge in [0.25, 0.3) is 5.95 Å². The van der Waals surface area contributed by atoms with Crippen molar-refractivity contribution < 1.29 is 9.47 Å². The molecule has 2 nitrogen and oxygen atoms in total. The van der Waals surface area contributed by atoms with Crippen molar-refractivity contribution in [1.29, 1.82) is 0 Å². The molecule has 1 aliphatic heterocycles. The minimum Gasteiger partial charge on any atom is -0.462 e. The van der Waals surface area contributed by atoms with Gasteiger partial charge in [-0.2, -0.15) is 0 Å². The van der Waals surface area contributed by atoms with Gasteiger partial charge < -0.3 is 9.47 Å². The van der Waals surface area contributed by atoms with Gasteiger partial charge in [-0.1, -0.05) is 26.3 Å². The molecule has 0 aromatic carbocycles. The van der Waals surface area contributed by atoms with Crippen molar-refractivity contribution in [3.63, 3.8) is 0 Å². The van der Waals surface area contributed by atoms with Crippen LogP contribution in [0.4, 0.5) is 0 Å². The zero-order valence-corrected chi connectivity index (χ0v) is 10.0. The molecule has 1 aliphatic rings. The van der Waals surface area contributed by atoms with Gasteiger partial charge in [0.15, 0.2) is 0 Å². The van der Waals surface area contributed by atoms with E-state index >= 15 is 0 Å². The zero-order valence-electron chi connectivity index (χ0n) is 10.0. The molecule has 86 valence electrons. The van der Waals surface area contributed by atoms with Crippen molar-refractivity contribution in [3.05, 3.63) is 24.2 Å². The molecule has 15 heavy (non-hydrogen) atoms. The van der Waals surface area contributed by atoms with Crippen LogP contribution in [-0.4, -0.2) is 12.7 Å². The fraction of sp³-hybridized carbons (Fsp3) is 0.692. The lowest BCUT2D eigenvalue weighted by Crippen LogP contribution is -2.12. The quantitative estimate of drug-likeness (QED) is 0.666. The van der Waals surface area contributed by atoms with E-state index in [0.717, 1.165) is 12.3 Å². The Hall–Kier alpha value is -0.920. The predicted molar refractivity (Wildman–Crippen MR) is 62.4 cm³/mol. The third kappa shape index (κ3) is 4.91. The molecule has 2 heteroatoms. The summed E-state index contributed by atoms with van der Waals surface area (Å²) in [5.74, 6) is 1.45. The molecule has 0 aliphatic carbocycles. The molecular weight excluding hydrogens is 188 g/mol. The summed E-state index contributed by atoms with van der Waals surface area (Å²) in [6.07, 6.45) is 9.63. The smallest absolute Gasteiger partial charge is 0.279 e. The molecule has 0 spiro atoms. The number of hydrogen-bond acceptors (Lipinski definition) is 2.